The topological polar surface area (TPSA) is 59.9 Å². The number of nitrogens with zero attached hydrogens (tertiary/aromatic N) is 1. The second kappa shape index (κ2) is 7.11. The van der Waals surface area contributed by atoms with E-state index in [4.69, 9.17) is 9.47 Å². The number of rotatable bonds is 5. The van der Waals surface area contributed by atoms with Crippen LogP contribution < -0.4 is 14.9 Å². The third-order valence-electron chi connectivity index (χ3n) is 3.24. The van der Waals surface area contributed by atoms with Crippen molar-refractivity contribution in [1.82, 2.24) is 5.43 Å². The van der Waals surface area contributed by atoms with E-state index in [1.54, 1.807) is 6.07 Å². The van der Waals surface area contributed by atoms with Gasteiger partial charge in [-0.3, -0.25) is 4.79 Å². The number of fused-ring (bicyclic) bond motifs is 1. The van der Waals surface area contributed by atoms with Gasteiger partial charge in [-0.2, -0.15) is 5.10 Å². The van der Waals surface area contributed by atoms with Crippen molar-refractivity contribution in [2.24, 2.45) is 11.0 Å². The summed E-state index contributed by atoms with van der Waals surface area (Å²) >= 11 is 0. The van der Waals surface area contributed by atoms with Crippen LogP contribution in [0.2, 0.25) is 0 Å². The van der Waals surface area contributed by atoms with E-state index in [9.17, 15) is 4.79 Å². The van der Waals surface area contributed by atoms with Crippen LogP contribution in [0.3, 0.4) is 0 Å². The van der Waals surface area contributed by atoms with Crippen molar-refractivity contribution in [2.45, 2.75) is 39.7 Å². The monoisotopic (exact) mass is 290 g/mol. The fraction of sp³-hybridized carbons (Fsp3) is 0.500. The van der Waals surface area contributed by atoms with E-state index in [1.165, 1.54) is 0 Å². The highest BCUT2D eigenvalue weighted by Crippen LogP contribution is 2.30. The predicted molar refractivity (Wildman–Crippen MR) is 81.7 cm³/mol. The van der Waals surface area contributed by atoms with Gasteiger partial charge in [0.2, 0.25) is 6.10 Å². The van der Waals surface area contributed by atoms with Gasteiger partial charge < -0.3 is 9.47 Å². The predicted octanol–water partition coefficient (Wildman–Crippen LogP) is 2.75. The first kappa shape index (κ1) is 15.4. The summed E-state index contributed by atoms with van der Waals surface area (Å²) in [6.07, 6.45) is 1.27. The van der Waals surface area contributed by atoms with E-state index >= 15 is 0 Å². The van der Waals surface area contributed by atoms with Crippen LogP contribution >= 0.6 is 0 Å². The maximum atomic E-state index is 12.0. The number of nitrogens with one attached hydrogen (secondary N) is 1. The number of carbonyl (C=O) groups is 1. The number of amides is 1. The molecule has 1 aromatic rings. The Morgan fingerprint density at radius 1 is 1.38 bits per heavy atom. The number of hydrogen-bond acceptors (Lipinski definition) is 4. The molecule has 0 bridgehead atoms. The molecule has 1 heterocycles. The molecule has 2 rings (SSSR count). The highest BCUT2D eigenvalue weighted by Gasteiger charge is 2.27. The van der Waals surface area contributed by atoms with Gasteiger partial charge in [0.25, 0.3) is 5.91 Å². The number of para-hydroxylation sites is 2. The molecule has 1 aliphatic heterocycles. The first-order valence-corrected chi connectivity index (χ1v) is 7.27. The Hall–Kier alpha value is -2.04. The van der Waals surface area contributed by atoms with Crippen LogP contribution in [0, 0.1) is 5.92 Å². The summed E-state index contributed by atoms with van der Waals surface area (Å²) in [6.45, 7) is 6.44. The van der Waals surface area contributed by atoms with Gasteiger partial charge in [-0.15, -0.1) is 0 Å². The molecule has 0 radical (unpaired) electrons. The molecule has 0 spiro atoms. The van der Waals surface area contributed by atoms with Crippen molar-refractivity contribution in [3.63, 3.8) is 0 Å². The summed E-state index contributed by atoms with van der Waals surface area (Å²) in [7, 11) is 0. The van der Waals surface area contributed by atoms with Gasteiger partial charge in [-0.05, 0) is 37.8 Å². The minimum Gasteiger partial charge on any atom is -0.485 e. The van der Waals surface area contributed by atoms with E-state index in [1.807, 2.05) is 25.1 Å². The number of ether oxygens (including phenoxy) is 2. The molecule has 5 nitrogen and oxygen atoms in total. The fourth-order valence-corrected chi connectivity index (χ4v) is 1.92. The van der Waals surface area contributed by atoms with Gasteiger partial charge in [-0.1, -0.05) is 26.0 Å². The lowest BCUT2D eigenvalue weighted by molar-refractivity contribution is -0.130. The molecule has 1 aliphatic rings. The second-order valence-corrected chi connectivity index (χ2v) is 5.62. The molecule has 0 saturated heterocycles. The van der Waals surface area contributed by atoms with Crippen LogP contribution in [-0.2, 0) is 4.79 Å². The Morgan fingerprint density at radius 3 is 2.81 bits per heavy atom. The number of hydrogen-bond donors (Lipinski definition) is 1. The number of hydrazone groups is 1. The lowest BCUT2D eigenvalue weighted by atomic mass is 10.1. The maximum Gasteiger partial charge on any atom is 0.284 e. The minimum absolute atomic E-state index is 0.198. The van der Waals surface area contributed by atoms with Crippen molar-refractivity contribution in [3.8, 4) is 11.5 Å². The Bertz CT molecular complexity index is 526. The molecule has 1 atom stereocenters. The van der Waals surface area contributed by atoms with Crippen LogP contribution in [0.25, 0.3) is 0 Å². The smallest absolute Gasteiger partial charge is 0.284 e. The van der Waals surface area contributed by atoms with Gasteiger partial charge in [0, 0.05) is 5.71 Å². The third kappa shape index (κ3) is 4.48. The minimum atomic E-state index is -0.665. The zero-order valence-electron chi connectivity index (χ0n) is 12.8. The van der Waals surface area contributed by atoms with E-state index in [-0.39, 0.29) is 12.5 Å². The molecule has 0 aliphatic carbocycles. The van der Waals surface area contributed by atoms with Crippen LogP contribution in [0.5, 0.6) is 11.5 Å². The van der Waals surface area contributed by atoms with Gasteiger partial charge in [-0.25, -0.2) is 5.43 Å². The molecule has 1 amide bonds. The van der Waals surface area contributed by atoms with Crippen LogP contribution in [0.1, 0.15) is 33.6 Å². The zero-order valence-corrected chi connectivity index (χ0v) is 12.8. The Kier molecular flexibility index (Phi) is 5.20. The first-order chi connectivity index (χ1) is 10.1. The molecule has 114 valence electrons. The Morgan fingerprint density at radius 2 is 2.10 bits per heavy atom. The third-order valence-corrected chi connectivity index (χ3v) is 3.24. The molecule has 0 saturated carbocycles. The summed E-state index contributed by atoms with van der Waals surface area (Å²) in [5, 5.41) is 4.11. The standard InChI is InChI=1S/C16H22N2O3/c1-11(2)8-9-12(3)17-18-16(19)15-10-20-13-6-4-5-7-14(13)21-15/h4-7,11,15H,8-10H2,1-3H3,(H,18,19)/b17-12-/t15-/m1/s1. The van der Waals surface area contributed by atoms with Gasteiger partial charge >= 0.3 is 0 Å². The van der Waals surface area contributed by atoms with Gasteiger partial charge in [0.05, 0.1) is 0 Å². The molecule has 0 aromatic heterocycles. The van der Waals surface area contributed by atoms with Crippen molar-refractivity contribution >= 4 is 11.6 Å². The summed E-state index contributed by atoms with van der Waals surface area (Å²) in [6, 6.07) is 7.31. The van der Waals surface area contributed by atoms with E-state index < -0.39 is 6.10 Å². The number of benzene rings is 1. The molecule has 1 N–H and O–H groups in total. The first-order valence-electron chi connectivity index (χ1n) is 7.27. The SMILES string of the molecule is C/C(CCC(C)C)=N/NC(=O)[C@H]1COc2ccccc2O1. The van der Waals surface area contributed by atoms with Crippen LogP contribution in [0.4, 0.5) is 0 Å². The Labute approximate surface area is 125 Å². The largest absolute Gasteiger partial charge is 0.485 e. The average Bonchev–Trinajstić information content (AvgIpc) is 2.50. The van der Waals surface area contributed by atoms with Crippen molar-refractivity contribution in [3.05, 3.63) is 24.3 Å². The Balaban J connectivity index is 1.86. The number of carbonyl (C=O) groups excluding carboxylic acids is 1. The molecular weight excluding hydrogens is 268 g/mol. The second-order valence-electron chi connectivity index (χ2n) is 5.62. The van der Waals surface area contributed by atoms with Gasteiger partial charge in [0.15, 0.2) is 11.5 Å². The lowest BCUT2D eigenvalue weighted by Crippen LogP contribution is -2.42. The summed E-state index contributed by atoms with van der Waals surface area (Å²) in [5.41, 5.74) is 3.46. The fourth-order valence-electron chi connectivity index (χ4n) is 1.92. The molecular formula is C16H22N2O3. The van der Waals surface area contributed by atoms with E-state index in [2.05, 4.69) is 24.4 Å². The molecule has 21 heavy (non-hydrogen) atoms. The lowest BCUT2D eigenvalue weighted by Gasteiger charge is -2.24. The van der Waals surface area contributed by atoms with Crippen molar-refractivity contribution in [1.29, 1.82) is 0 Å². The van der Waals surface area contributed by atoms with Crippen LogP contribution in [-0.4, -0.2) is 24.3 Å². The van der Waals surface area contributed by atoms with E-state index in [0.29, 0.717) is 17.4 Å². The highest BCUT2D eigenvalue weighted by molar-refractivity contribution is 5.86. The van der Waals surface area contributed by atoms with Crippen LogP contribution in [0.15, 0.2) is 29.4 Å². The quantitative estimate of drug-likeness (QED) is 0.670. The normalized spacial score (nSPS) is 17.7. The summed E-state index contributed by atoms with van der Waals surface area (Å²) < 4.78 is 11.1. The zero-order chi connectivity index (χ0) is 15.2. The van der Waals surface area contributed by atoms with Gasteiger partial charge in [0.1, 0.15) is 6.61 Å². The highest BCUT2D eigenvalue weighted by atomic mass is 16.6. The molecule has 0 fully saturated rings. The molecule has 0 unspecified atom stereocenters. The molecule has 5 heteroatoms. The average molecular weight is 290 g/mol. The van der Waals surface area contributed by atoms with Crippen molar-refractivity contribution in [2.75, 3.05) is 6.61 Å². The van der Waals surface area contributed by atoms with Crippen molar-refractivity contribution < 1.29 is 14.3 Å². The van der Waals surface area contributed by atoms with E-state index in [0.717, 1.165) is 18.6 Å². The molecule has 1 aromatic carbocycles. The summed E-state index contributed by atoms with van der Waals surface area (Å²) in [5.74, 6) is 1.59. The summed E-state index contributed by atoms with van der Waals surface area (Å²) in [4.78, 5) is 12.0. The maximum absolute atomic E-state index is 12.0.